The van der Waals surface area contributed by atoms with Crippen molar-refractivity contribution in [1.82, 2.24) is 0 Å². The first kappa shape index (κ1) is 16.3. The number of methoxy groups -OCH3 is 2. The van der Waals surface area contributed by atoms with Gasteiger partial charge < -0.3 is 34.3 Å². The summed E-state index contributed by atoms with van der Waals surface area (Å²) in [6, 6.07) is 5.11. The summed E-state index contributed by atoms with van der Waals surface area (Å²) in [6.07, 6.45) is 0. The fourth-order valence-corrected chi connectivity index (χ4v) is 2.48. The van der Waals surface area contributed by atoms with E-state index in [1.165, 1.54) is 32.4 Å². The second-order valence-corrected chi connectivity index (χ2v) is 5.15. The second kappa shape index (κ2) is 5.82. The van der Waals surface area contributed by atoms with Crippen LogP contribution in [-0.4, -0.2) is 34.6 Å². The molecule has 0 aliphatic carbocycles. The third kappa shape index (κ3) is 2.44. The van der Waals surface area contributed by atoms with Crippen LogP contribution in [-0.2, 0) is 0 Å². The lowest BCUT2D eigenvalue weighted by molar-refractivity contribution is 0.366. The Bertz CT molecular complexity index is 1040. The van der Waals surface area contributed by atoms with E-state index in [1.54, 1.807) is 0 Å². The van der Waals surface area contributed by atoms with Crippen LogP contribution in [0.1, 0.15) is 0 Å². The first-order chi connectivity index (χ1) is 11.9. The average molecular weight is 346 g/mol. The maximum absolute atomic E-state index is 12.4. The summed E-state index contributed by atoms with van der Waals surface area (Å²) in [5.41, 5.74) is -1.14. The van der Waals surface area contributed by atoms with Crippen LogP contribution in [0.2, 0.25) is 0 Å². The molecule has 25 heavy (non-hydrogen) atoms. The Balaban J connectivity index is 2.37. The first-order valence-electron chi connectivity index (χ1n) is 7.05. The number of aromatic hydroxyl groups is 4. The van der Waals surface area contributed by atoms with Gasteiger partial charge in [0, 0.05) is 11.6 Å². The molecule has 0 aliphatic rings. The molecule has 0 spiro atoms. The highest BCUT2D eigenvalue weighted by Gasteiger charge is 2.23. The van der Waals surface area contributed by atoms with Gasteiger partial charge >= 0.3 is 0 Å². The van der Waals surface area contributed by atoms with E-state index in [1.807, 2.05) is 0 Å². The molecular formula is C17H14O8. The lowest BCUT2D eigenvalue weighted by Gasteiger charge is -2.11. The van der Waals surface area contributed by atoms with E-state index in [4.69, 9.17) is 13.9 Å². The van der Waals surface area contributed by atoms with Gasteiger partial charge in [-0.1, -0.05) is 0 Å². The van der Waals surface area contributed by atoms with Crippen molar-refractivity contribution in [3.63, 3.8) is 0 Å². The molecular weight excluding hydrogens is 332 g/mol. The molecule has 0 aliphatic heterocycles. The Morgan fingerprint density at radius 2 is 1.56 bits per heavy atom. The summed E-state index contributed by atoms with van der Waals surface area (Å²) in [5.74, 6) is -2.25. The van der Waals surface area contributed by atoms with E-state index in [2.05, 4.69) is 0 Å². The maximum Gasteiger partial charge on any atom is 0.238 e. The lowest BCUT2D eigenvalue weighted by atomic mass is 10.1. The summed E-state index contributed by atoms with van der Waals surface area (Å²) < 4.78 is 15.3. The molecule has 2 aromatic carbocycles. The minimum Gasteiger partial charge on any atom is -0.507 e. The molecule has 0 amide bonds. The Labute approximate surface area is 140 Å². The van der Waals surface area contributed by atoms with E-state index >= 15 is 0 Å². The Kier molecular flexibility index (Phi) is 3.80. The molecule has 3 rings (SSSR count). The van der Waals surface area contributed by atoms with Crippen LogP contribution in [0, 0.1) is 0 Å². The number of rotatable bonds is 3. The molecule has 0 saturated carbocycles. The average Bonchev–Trinajstić information content (AvgIpc) is 2.60. The summed E-state index contributed by atoms with van der Waals surface area (Å²) in [5, 5.41) is 39.8. The molecule has 4 N–H and O–H groups in total. The van der Waals surface area contributed by atoms with E-state index in [0.717, 1.165) is 6.07 Å². The predicted molar refractivity (Wildman–Crippen MR) is 87.7 cm³/mol. The largest absolute Gasteiger partial charge is 0.507 e. The van der Waals surface area contributed by atoms with Gasteiger partial charge in [-0.05, 0) is 18.2 Å². The Morgan fingerprint density at radius 1 is 0.880 bits per heavy atom. The normalized spacial score (nSPS) is 10.8. The molecule has 1 heterocycles. The standard InChI is InChI=1S/C17H14O8/c1-23-10-4-3-7(5-8(10)18)16-15(22)14(21)12-9(19)6-11(24-2)13(20)17(12)25-16/h3-6,18-20,22H,1-2H3. The summed E-state index contributed by atoms with van der Waals surface area (Å²) >= 11 is 0. The second-order valence-electron chi connectivity index (χ2n) is 5.15. The van der Waals surface area contributed by atoms with Crippen LogP contribution in [0.3, 0.4) is 0 Å². The smallest absolute Gasteiger partial charge is 0.238 e. The molecule has 0 bridgehead atoms. The molecule has 1 aromatic heterocycles. The predicted octanol–water partition coefficient (Wildman–Crippen LogP) is 2.30. The van der Waals surface area contributed by atoms with Gasteiger partial charge in [-0.2, -0.15) is 0 Å². The van der Waals surface area contributed by atoms with Crippen LogP contribution >= 0.6 is 0 Å². The number of hydrogen-bond acceptors (Lipinski definition) is 8. The zero-order valence-electron chi connectivity index (χ0n) is 13.2. The van der Waals surface area contributed by atoms with Crippen LogP contribution in [0.25, 0.3) is 22.3 Å². The molecule has 0 radical (unpaired) electrons. The molecule has 130 valence electrons. The van der Waals surface area contributed by atoms with E-state index in [0.29, 0.717) is 0 Å². The van der Waals surface area contributed by atoms with E-state index < -0.39 is 28.1 Å². The van der Waals surface area contributed by atoms with Gasteiger partial charge in [0.15, 0.2) is 28.6 Å². The molecule has 0 fully saturated rings. The lowest BCUT2D eigenvalue weighted by Crippen LogP contribution is -2.03. The fourth-order valence-electron chi connectivity index (χ4n) is 2.48. The molecule has 8 nitrogen and oxygen atoms in total. The van der Waals surface area contributed by atoms with Gasteiger partial charge in [-0.25, -0.2) is 0 Å². The van der Waals surface area contributed by atoms with Gasteiger partial charge in [0.1, 0.15) is 11.1 Å². The van der Waals surface area contributed by atoms with Gasteiger partial charge in [0.2, 0.25) is 16.9 Å². The molecule has 0 unspecified atom stereocenters. The highest BCUT2D eigenvalue weighted by Crippen LogP contribution is 2.43. The van der Waals surface area contributed by atoms with Crippen molar-refractivity contribution < 1.29 is 34.3 Å². The fraction of sp³-hybridized carbons (Fsp3) is 0.118. The quantitative estimate of drug-likeness (QED) is 0.532. The van der Waals surface area contributed by atoms with Crippen molar-refractivity contribution in [2.24, 2.45) is 0 Å². The topological polar surface area (TPSA) is 130 Å². The summed E-state index contributed by atoms with van der Waals surface area (Å²) in [7, 11) is 2.64. The van der Waals surface area contributed by atoms with Gasteiger partial charge in [0.05, 0.1) is 14.2 Å². The summed E-state index contributed by atoms with van der Waals surface area (Å²) in [4.78, 5) is 12.4. The molecule has 0 atom stereocenters. The van der Waals surface area contributed by atoms with Gasteiger partial charge in [-0.3, -0.25) is 4.79 Å². The van der Waals surface area contributed by atoms with Gasteiger partial charge in [-0.15, -0.1) is 0 Å². The monoisotopic (exact) mass is 346 g/mol. The minimum absolute atomic E-state index is 0.109. The van der Waals surface area contributed by atoms with Crippen molar-refractivity contribution >= 4 is 11.0 Å². The van der Waals surface area contributed by atoms with Crippen LogP contribution in [0.15, 0.2) is 33.5 Å². The third-order valence-electron chi connectivity index (χ3n) is 3.72. The van der Waals surface area contributed by atoms with Crippen LogP contribution in [0.5, 0.6) is 34.5 Å². The first-order valence-corrected chi connectivity index (χ1v) is 7.05. The number of phenols is 3. The van der Waals surface area contributed by atoms with E-state index in [9.17, 15) is 25.2 Å². The van der Waals surface area contributed by atoms with Crippen LogP contribution in [0.4, 0.5) is 0 Å². The molecule has 0 saturated heterocycles. The highest BCUT2D eigenvalue weighted by molar-refractivity contribution is 5.93. The van der Waals surface area contributed by atoms with Crippen LogP contribution < -0.4 is 14.9 Å². The maximum atomic E-state index is 12.4. The summed E-state index contributed by atoms with van der Waals surface area (Å²) in [6.45, 7) is 0. The zero-order valence-corrected chi connectivity index (χ0v) is 13.2. The Morgan fingerprint density at radius 3 is 2.16 bits per heavy atom. The van der Waals surface area contributed by atoms with Crippen molar-refractivity contribution in [3.05, 3.63) is 34.5 Å². The van der Waals surface area contributed by atoms with Crippen molar-refractivity contribution in [1.29, 1.82) is 0 Å². The molecule has 3 aromatic rings. The van der Waals surface area contributed by atoms with Crippen molar-refractivity contribution in [3.8, 4) is 45.8 Å². The number of benzene rings is 2. The zero-order chi connectivity index (χ0) is 18.3. The molecule has 8 heteroatoms. The van der Waals surface area contributed by atoms with E-state index in [-0.39, 0.29) is 34.2 Å². The number of ether oxygens (including phenoxy) is 2. The number of phenolic OH excluding ortho intramolecular Hbond substituents is 3. The minimum atomic E-state index is -0.943. The number of fused-ring (bicyclic) bond motifs is 1. The number of hydrogen-bond donors (Lipinski definition) is 4. The SMILES string of the molecule is COc1ccc(-c2oc3c(O)c(OC)cc(O)c3c(=O)c2O)cc1O. The van der Waals surface area contributed by atoms with Gasteiger partial charge in [0.25, 0.3) is 0 Å². The highest BCUT2D eigenvalue weighted by atomic mass is 16.5. The van der Waals surface area contributed by atoms with Crippen molar-refractivity contribution in [2.75, 3.05) is 14.2 Å². The third-order valence-corrected chi connectivity index (χ3v) is 3.72. The van der Waals surface area contributed by atoms with Crippen molar-refractivity contribution in [2.45, 2.75) is 0 Å². The Hall–Kier alpha value is -3.55.